The normalized spacial score (nSPS) is 11.6. The average molecular weight is 404 g/mol. The van der Waals surface area contributed by atoms with Crippen molar-refractivity contribution < 1.29 is 28.7 Å². The second-order valence-corrected chi connectivity index (χ2v) is 6.18. The maximum Gasteiger partial charge on any atom is 0.328 e. The maximum absolute atomic E-state index is 12.1. The summed E-state index contributed by atoms with van der Waals surface area (Å²) >= 11 is 0. The molecule has 8 heteroatoms. The SMILES string of the molecule is CCOC(=O)CCC(NC(=O)CNC(=O)/C=C/c1ccc(C)cc1)C(=O)OCC. The highest BCUT2D eigenvalue weighted by Gasteiger charge is 2.23. The van der Waals surface area contributed by atoms with Crippen LogP contribution in [0.5, 0.6) is 0 Å². The van der Waals surface area contributed by atoms with Gasteiger partial charge in [0.2, 0.25) is 11.8 Å². The van der Waals surface area contributed by atoms with Crippen LogP contribution >= 0.6 is 0 Å². The Labute approximate surface area is 170 Å². The predicted octanol–water partition coefficient (Wildman–Crippen LogP) is 1.52. The summed E-state index contributed by atoms with van der Waals surface area (Å²) in [4.78, 5) is 47.4. The molecule has 2 amide bonds. The Balaban J connectivity index is 2.51. The molecule has 0 saturated heterocycles. The summed E-state index contributed by atoms with van der Waals surface area (Å²) in [5, 5.41) is 4.92. The summed E-state index contributed by atoms with van der Waals surface area (Å²) in [6.45, 7) is 5.35. The molecule has 8 nitrogen and oxygen atoms in total. The highest BCUT2D eigenvalue weighted by Crippen LogP contribution is 2.05. The predicted molar refractivity (Wildman–Crippen MR) is 108 cm³/mol. The van der Waals surface area contributed by atoms with Gasteiger partial charge in [-0.15, -0.1) is 0 Å². The van der Waals surface area contributed by atoms with Gasteiger partial charge in [-0.2, -0.15) is 0 Å². The van der Waals surface area contributed by atoms with E-state index in [-0.39, 0.29) is 32.6 Å². The number of aryl methyl sites for hydroxylation is 1. The number of nitrogens with one attached hydrogen (secondary N) is 2. The van der Waals surface area contributed by atoms with Crippen LogP contribution in [-0.2, 0) is 28.7 Å². The molecule has 1 rings (SSSR count). The molecule has 1 unspecified atom stereocenters. The topological polar surface area (TPSA) is 111 Å². The lowest BCUT2D eigenvalue weighted by Gasteiger charge is -2.17. The lowest BCUT2D eigenvalue weighted by molar-refractivity contribution is -0.148. The van der Waals surface area contributed by atoms with Crippen LogP contribution in [0.4, 0.5) is 0 Å². The molecule has 0 aromatic heterocycles. The van der Waals surface area contributed by atoms with Crippen LogP contribution in [0, 0.1) is 6.92 Å². The highest BCUT2D eigenvalue weighted by atomic mass is 16.5. The van der Waals surface area contributed by atoms with Crippen molar-refractivity contribution in [2.24, 2.45) is 0 Å². The maximum atomic E-state index is 12.1. The number of amides is 2. The lowest BCUT2D eigenvalue weighted by Crippen LogP contribution is -2.46. The van der Waals surface area contributed by atoms with E-state index in [1.807, 2.05) is 31.2 Å². The first-order valence-corrected chi connectivity index (χ1v) is 9.49. The van der Waals surface area contributed by atoms with Gasteiger partial charge in [-0.25, -0.2) is 4.79 Å². The number of esters is 2. The molecule has 0 aliphatic heterocycles. The summed E-state index contributed by atoms with van der Waals surface area (Å²) in [5.74, 6) is -2.12. The summed E-state index contributed by atoms with van der Waals surface area (Å²) in [6, 6.07) is 6.61. The Hall–Kier alpha value is -3.16. The number of rotatable bonds is 11. The first-order chi connectivity index (χ1) is 13.8. The molecule has 1 aromatic rings. The minimum atomic E-state index is -0.994. The second kappa shape index (κ2) is 13.1. The molecule has 2 N–H and O–H groups in total. The molecule has 158 valence electrons. The molecule has 0 spiro atoms. The minimum Gasteiger partial charge on any atom is -0.466 e. The van der Waals surface area contributed by atoms with Crippen molar-refractivity contribution in [3.8, 4) is 0 Å². The average Bonchev–Trinajstić information content (AvgIpc) is 2.69. The number of ether oxygens (including phenoxy) is 2. The van der Waals surface area contributed by atoms with Crippen LogP contribution in [0.2, 0.25) is 0 Å². The van der Waals surface area contributed by atoms with Crippen LogP contribution in [-0.4, -0.2) is 49.6 Å². The van der Waals surface area contributed by atoms with Crippen LogP contribution in [0.25, 0.3) is 6.08 Å². The van der Waals surface area contributed by atoms with E-state index in [1.165, 1.54) is 6.08 Å². The molecule has 0 heterocycles. The molecule has 0 aliphatic carbocycles. The number of carbonyl (C=O) groups is 4. The Morgan fingerprint density at radius 2 is 1.69 bits per heavy atom. The van der Waals surface area contributed by atoms with Gasteiger partial charge < -0.3 is 20.1 Å². The number of hydrogen-bond donors (Lipinski definition) is 2. The first kappa shape index (κ1) is 23.9. The molecule has 0 fully saturated rings. The Kier molecular flexibility index (Phi) is 10.8. The molecule has 0 saturated carbocycles. The largest absolute Gasteiger partial charge is 0.466 e. The van der Waals surface area contributed by atoms with Gasteiger partial charge >= 0.3 is 11.9 Å². The third-order valence-electron chi connectivity index (χ3n) is 3.78. The van der Waals surface area contributed by atoms with Crippen LogP contribution in [0.1, 0.15) is 37.8 Å². The highest BCUT2D eigenvalue weighted by molar-refractivity contribution is 5.95. The smallest absolute Gasteiger partial charge is 0.328 e. The molecule has 29 heavy (non-hydrogen) atoms. The van der Waals surface area contributed by atoms with E-state index in [4.69, 9.17) is 9.47 Å². The Morgan fingerprint density at radius 1 is 1.03 bits per heavy atom. The fourth-order valence-corrected chi connectivity index (χ4v) is 2.31. The molecule has 1 aromatic carbocycles. The monoisotopic (exact) mass is 404 g/mol. The van der Waals surface area contributed by atoms with Gasteiger partial charge in [-0.1, -0.05) is 29.8 Å². The number of hydrogen-bond acceptors (Lipinski definition) is 6. The van der Waals surface area contributed by atoms with E-state index in [9.17, 15) is 19.2 Å². The van der Waals surface area contributed by atoms with E-state index in [1.54, 1.807) is 19.9 Å². The van der Waals surface area contributed by atoms with Crippen LogP contribution in [0.3, 0.4) is 0 Å². The van der Waals surface area contributed by atoms with Crippen molar-refractivity contribution in [1.29, 1.82) is 0 Å². The van der Waals surface area contributed by atoms with Gasteiger partial charge in [-0.3, -0.25) is 14.4 Å². The number of carbonyl (C=O) groups excluding carboxylic acids is 4. The van der Waals surface area contributed by atoms with Crippen LogP contribution in [0.15, 0.2) is 30.3 Å². The molecular formula is C21H28N2O6. The zero-order chi connectivity index (χ0) is 21.6. The zero-order valence-electron chi connectivity index (χ0n) is 17.0. The molecule has 1 atom stereocenters. The Bertz CT molecular complexity index is 727. The van der Waals surface area contributed by atoms with E-state index in [0.29, 0.717) is 0 Å². The summed E-state index contributed by atoms with van der Waals surface area (Å²) in [5.41, 5.74) is 1.97. The van der Waals surface area contributed by atoms with Crippen LogP contribution < -0.4 is 10.6 Å². The quantitative estimate of drug-likeness (QED) is 0.427. The molecule has 0 radical (unpaired) electrons. The van der Waals surface area contributed by atoms with E-state index in [0.717, 1.165) is 11.1 Å². The fraction of sp³-hybridized carbons (Fsp3) is 0.429. The van der Waals surface area contributed by atoms with E-state index < -0.39 is 29.8 Å². The summed E-state index contributed by atoms with van der Waals surface area (Å²) in [6.07, 6.45) is 2.96. The van der Waals surface area contributed by atoms with Gasteiger partial charge in [0.15, 0.2) is 0 Å². The minimum absolute atomic E-state index is 0.0384. The third-order valence-corrected chi connectivity index (χ3v) is 3.78. The summed E-state index contributed by atoms with van der Waals surface area (Å²) in [7, 11) is 0. The van der Waals surface area contributed by atoms with E-state index in [2.05, 4.69) is 10.6 Å². The van der Waals surface area contributed by atoms with Crippen molar-refractivity contribution in [2.75, 3.05) is 19.8 Å². The summed E-state index contributed by atoms with van der Waals surface area (Å²) < 4.78 is 9.73. The fourth-order valence-electron chi connectivity index (χ4n) is 2.31. The lowest BCUT2D eigenvalue weighted by atomic mass is 10.1. The molecule has 0 aliphatic rings. The van der Waals surface area contributed by atoms with Crippen molar-refractivity contribution in [3.63, 3.8) is 0 Å². The van der Waals surface area contributed by atoms with Crippen molar-refractivity contribution in [3.05, 3.63) is 41.5 Å². The van der Waals surface area contributed by atoms with Crippen molar-refractivity contribution >= 4 is 29.8 Å². The van der Waals surface area contributed by atoms with Gasteiger partial charge in [0.1, 0.15) is 6.04 Å². The van der Waals surface area contributed by atoms with Gasteiger partial charge in [0.05, 0.1) is 19.8 Å². The second-order valence-electron chi connectivity index (χ2n) is 6.18. The standard InChI is InChI=1S/C21H28N2O6/c1-4-28-20(26)13-11-17(21(27)29-5-2)23-19(25)14-22-18(24)12-10-16-8-6-15(3)7-9-16/h6-10,12,17H,4-5,11,13-14H2,1-3H3,(H,22,24)(H,23,25)/b12-10+. The molecule has 0 bridgehead atoms. The van der Waals surface area contributed by atoms with Crippen molar-refractivity contribution in [2.45, 2.75) is 39.7 Å². The van der Waals surface area contributed by atoms with Gasteiger partial charge in [0, 0.05) is 12.5 Å². The third kappa shape index (κ3) is 10.1. The van der Waals surface area contributed by atoms with Crippen molar-refractivity contribution in [1.82, 2.24) is 10.6 Å². The van der Waals surface area contributed by atoms with E-state index >= 15 is 0 Å². The molecular weight excluding hydrogens is 376 g/mol. The zero-order valence-corrected chi connectivity index (χ0v) is 17.0. The first-order valence-electron chi connectivity index (χ1n) is 9.49. The number of benzene rings is 1. The Morgan fingerprint density at radius 3 is 2.31 bits per heavy atom. The van der Waals surface area contributed by atoms with Gasteiger partial charge in [0.25, 0.3) is 0 Å². The van der Waals surface area contributed by atoms with Gasteiger partial charge in [-0.05, 0) is 38.8 Å².